The van der Waals surface area contributed by atoms with E-state index in [4.69, 9.17) is 0 Å². The summed E-state index contributed by atoms with van der Waals surface area (Å²) in [6, 6.07) is -0.976. The SMILES string of the molecule is CCCC[N+]1=C(CO)N=C2C1C(=O)N(C)C(=O)N2C. The minimum atomic E-state index is -0.582. The van der Waals surface area contributed by atoms with Crippen molar-refractivity contribution in [2.75, 3.05) is 27.2 Å². The van der Waals surface area contributed by atoms with Gasteiger partial charge in [0.25, 0.3) is 17.8 Å². The van der Waals surface area contributed by atoms with Crippen LogP contribution in [0.1, 0.15) is 19.8 Å². The minimum absolute atomic E-state index is 0.233. The van der Waals surface area contributed by atoms with Crippen molar-refractivity contribution in [3.63, 3.8) is 0 Å². The van der Waals surface area contributed by atoms with Crippen LogP contribution in [-0.2, 0) is 4.79 Å². The second-order valence-electron chi connectivity index (χ2n) is 4.73. The zero-order chi connectivity index (χ0) is 14.2. The van der Waals surface area contributed by atoms with Gasteiger partial charge in [-0.1, -0.05) is 13.3 Å². The van der Waals surface area contributed by atoms with Crippen LogP contribution in [0, 0.1) is 0 Å². The van der Waals surface area contributed by atoms with E-state index in [1.165, 1.54) is 11.9 Å². The number of aliphatic hydroxyl groups is 1. The van der Waals surface area contributed by atoms with Crippen LogP contribution in [-0.4, -0.2) is 76.4 Å². The largest absolute Gasteiger partial charge is 0.384 e. The molecule has 2 rings (SSSR count). The van der Waals surface area contributed by atoms with Crippen molar-refractivity contribution in [3.05, 3.63) is 0 Å². The van der Waals surface area contributed by atoms with E-state index in [1.54, 1.807) is 11.6 Å². The van der Waals surface area contributed by atoms with Gasteiger partial charge in [-0.15, -0.1) is 0 Å². The number of unbranched alkanes of at least 4 members (excludes halogenated alkanes) is 1. The highest BCUT2D eigenvalue weighted by Crippen LogP contribution is 2.19. The number of nitrogens with zero attached hydrogens (tertiary/aromatic N) is 4. The summed E-state index contributed by atoms with van der Waals surface area (Å²) in [6.45, 7) is 2.47. The number of urea groups is 1. The molecule has 1 atom stereocenters. The number of hydrogen-bond donors (Lipinski definition) is 1. The predicted molar refractivity (Wildman–Crippen MR) is 69.3 cm³/mol. The van der Waals surface area contributed by atoms with Crippen LogP contribution in [0.3, 0.4) is 0 Å². The number of hydrogen-bond acceptors (Lipinski definition) is 4. The van der Waals surface area contributed by atoms with E-state index in [9.17, 15) is 14.7 Å². The fourth-order valence-electron chi connectivity index (χ4n) is 2.36. The normalized spacial score (nSPS) is 23.2. The summed E-state index contributed by atoms with van der Waals surface area (Å²) in [7, 11) is 3.06. The van der Waals surface area contributed by atoms with Gasteiger partial charge in [0.2, 0.25) is 0 Å². The smallest absolute Gasteiger partial charge is 0.333 e. The van der Waals surface area contributed by atoms with E-state index in [0.717, 1.165) is 17.7 Å². The molecular weight excluding hydrogens is 248 g/mol. The zero-order valence-corrected chi connectivity index (χ0v) is 11.5. The number of likely N-dealkylation sites (N-methyl/N-ethyl adjacent to an activating group) is 2. The Balaban J connectivity index is 2.38. The van der Waals surface area contributed by atoms with Crippen LogP contribution in [0.5, 0.6) is 0 Å². The van der Waals surface area contributed by atoms with Gasteiger partial charge in [-0.25, -0.2) is 9.37 Å². The lowest BCUT2D eigenvalue weighted by atomic mass is 10.1. The third-order valence-electron chi connectivity index (χ3n) is 3.51. The Morgan fingerprint density at radius 2 is 2.00 bits per heavy atom. The second-order valence-corrected chi connectivity index (χ2v) is 4.73. The molecule has 7 heteroatoms. The lowest BCUT2D eigenvalue weighted by Crippen LogP contribution is -2.61. The van der Waals surface area contributed by atoms with Gasteiger partial charge in [0, 0.05) is 14.1 Å². The lowest BCUT2D eigenvalue weighted by molar-refractivity contribution is -0.537. The molecule has 2 heterocycles. The summed E-state index contributed by atoms with van der Waals surface area (Å²) < 4.78 is 1.79. The summed E-state index contributed by atoms with van der Waals surface area (Å²) in [4.78, 5) is 30.8. The average Bonchev–Trinajstić information content (AvgIpc) is 2.79. The summed E-state index contributed by atoms with van der Waals surface area (Å²) in [6.07, 6.45) is 1.88. The summed E-state index contributed by atoms with van der Waals surface area (Å²) in [5.74, 6) is 0.575. The van der Waals surface area contributed by atoms with E-state index in [2.05, 4.69) is 11.9 Å². The number of rotatable bonds is 4. The number of carbonyl (C=O) groups excluding carboxylic acids is 2. The number of imide groups is 1. The highest BCUT2D eigenvalue weighted by atomic mass is 16.3. The van der Waals surface area contributed by atoms with Crippen LogP contribution < -0.4 is 0 Å². The number of fused-ring (bicyclic) bond motifs is 1. The summed E-state index contributed by atoms with van der Waals surface area (Å²) >= 11 is 0. The molecule has 0 aromatic rings. The maximum Gasteiger partial charge on any atom is 0.333 e. The molecule has 1 saturated heterocycles. The van der Waals surface area contributed by atoms with E-state index in [-0.39, 0.29) is 12.5 Å². The van der Waals surface area contributed by atoms with Gasteiger partial charge in [-0.2, -0.15) is 0 Å². The fourth-order valence-corrected chi connectivity index (χ4v) is 2.36. The predicted octanol–water partition coefficient (Wildman–Crippen LogP) is -0.506. The first kappa shape index (κ1) is 13.7. The Kier molecular flexibility index (Phi) is 3.66. The van der Waals surface area contributed by atoms with E-state index >= 15 is 0 Å². The molecule has 0 radical (unpaired) electrons. The second kappa shape index (κ2) is 5.08. The van der Waals surface area contributed by atoms with Crippen LogP contribution in [0.4, 0.5) is 4.79 Å². The molecule has 3 amide bonds. The molecule has 2 aliphatic heterocycles. The van der Waals surface area contributed by atoms with E-state index < -0.39 is 12.1 Å². The van der Waals surface area contributed by atoms with Gasteiger partial charge in [-0.05, 0) is 11.4 Å². The Morgan fingerprint density at radius 3 is 2.58 bits per heavy atom. The van der Waals surface area contributed by atoms with Crippen molar-refractivity contribution in [3.8, 4) is 0 Å². The van der Waals surface area contributed by atoms with Crippen LogP contribution in [0.25, 0.3) is 0 Å². The van der Waals surface area contributed by atoms with Gasteiger partial charge in [0.15, 0.2) is 0 Å². The maximum atomic E-state index is 12.3. The van der Waals surface area contributed by atoms with Gasteiger partial charge < -0.3 is 5.11 Å². The number of aliphatic hydroxyl groups excluding tert-OH is 1. The highest BCUT2D eigenvalue weighted by Gasteiger charge is 2.52. The molecule has 1 N–H and O–H groups in total. The third kappa shape index (κ3) is 2.03. The number of amides is 3. The fraction of sp³-hybridized carbons (Fsp3) is 0.667. The Hall–Kier alpha value is -1.76. The van der Waals surface area contributed by atoms with Crippen molar-refractivity contribution in [2.24, 2.45) is 4.99 Å². The van der Waals surface area contributed by atoms with Crippen molar-refractivity contribution in [1.29, 1.82) is 0 Å². The molecule has 0 bridgehead atoms. The van der Waals surface area contributed by atoms with Crippen LogP contribution in [0.15, 0.2) is 4.99 Å². The van der Waals surface area contributed by atoms with Crippen LogP contribution >= 0.6 is 0 Å². The number of amidine groups is 2. The number of aliphatic imine (C=N–C) groups is 1. The van der Waals surface area contributed by atoms with Crippen molar-refractivity contribution in [1.82, 2.24) is 9.80 Å². The Morgan fingerprint density at radius 1 is 1.32 bits per heavy atom. The topological polar surface area (TPSA) is 76.2 Å². The molecule has 1 unspecified atom stereocenters. The van der Waals surface area contributed by atoms with E-state index in [0.29, 0.717) is 18.2 Å². The first-order chi connectivity index (χ1) is 9.02. The monoisotopic (exact) mass is 267 g/mol. The maximum absolute atomic E-state index is 12.3. The molecular formula is C12H19N4O3+. The first-order valence-electron chi connectivity index (χ1n) is 6.40. The van der Waals surface area contributed by atoms with Crippen molar-refractivity contribution < 1.29 is 19.3 Å². The first-order valence-corrected chi connectivity index (χ1v) is 6.40. The molecule has 0 aliphatic carbocycles. The van der Waals surface area contributed by atoms with Gasteiger partial charge in [-0.3, -0.25) is 14.6 Å². The molecule has 0 saturated carbocycles. The molecule has 1 fully saturated rings. The Labute approximate surface area is 111 Å². The van der Waals surface area contributed by atoms with Crippen LogP contribution in [0.2, 0.25) is 0 Å². The van der Waals surface area contributed by atoms with Gasteiger partial charge in [0.05, 0.1) is 6.54 Å². The molecule has 19 heavy (non-hydrogen) atoms. The number of carbonyl (C=O) groups is 2. The molecule has 2 aliphatic rings. The minimum Gasteiger partial charge on any atom is -0.384 e. The van der Waals surface area contributed by atoms with Gasteiger partial charge >= 0.3 is 11.9 Å². The molecule has 0 aromatic heterocycles. The molecule has 7 nitrogen and oxygen atoms in total. The van der Waals surface area contributed by atoms with Gasteiger partial charge in [0.1, 0.15) is 6.61 Å². The molecule has 0 spiro atoms. The lowest BCUT2D eigenvalue weighted by Gasteiger charge is -2.30. The molecule has 104 valence electrons. The summed E-state index contributed by atoms with van der Waals surface area (Å²) in [5.41, 5.74) is 0. The Bertz CT molecular complexity index is 483. The average molecular weight is 267 g/mol. The van der Waals surface area contributed by atoms with E-state index in [1.807, 2.05) is 0 Å². The quantitative estimate of drug-likeness (QED) is 0.697. The highest BCUT2D eigenvalue weighted by molar-refractivity contribution is 6.22. The van der Waals surface area contributed by atoms with Crippen molar-refractivity contribution >= 4 is 23.6 Å². The third-order valence-corrected chi connectivity index (χ3v) is 3.51. The standard InChI is InChI=1S/C12H19N4O3/c1-4-5-6-16-8(7-17)13-10-9(16)11(18)15(3)12(19)14(10)2/h9,17H,4-7H2,1-3H3/q+1. The zero-order valence-electron chi connectivity index (χ0n) is 11.5. The molecule has 0 aromatic carbocycles. The summed E-state index contributed by atoms with van der Waals surface area (Å²) in [5, 5.41) is 9.37. The van der Waals surface area contributed by atoms with Crippen molar-refractivity contribution in [2.45, 2.75) is 25.8 Å².